The average Bonchev–Trinajstić information content (AvgIpc) is 1.99. The summed E-state index contributed by atoms with van der Waals surface area (Å²) in [6.45, 7) is 8.03. The maximum atomic E-state index is 3.73. The molecule has 1 heteroatoms. The van der Waals surface area contributed by atoms with Crippen molar-refractivity contribution in [3.63, 3.8) is 0 Å². The van der Waals surface area contributed by atoms with Crippen molar-refractivity contribution >= 4 is 29.6 Å². The van der Waals surface area contributed by atoms with Crippen molar-refractivity contribution < 1.29 is 0 Å². The molecular formula is C11H14Na. The minimum atomic E-state index is 0. The van der Waals surface area contributed by atoms with Gasteiger partial charge in [0.05, 0.1) is 0 Å². The van der Waals surface area contributed by atoms with Gasteiger partial charge in [0, 0.05) is 29.6 Å². The topological polar surface area (TPSA) is 0 Å². The van der Waals surface area contributed by atoms with Crippen molar-refractivity contribution in [2.45, 2.75) is 20.3 Å². The molecule has 0 atom stereocenters. The third-order valence-corrected chi connectivity index (χ3v) is 2.08. The number of hydrogen-bond acceptors (Lipinski definition) is 0. The van der Waals surface area contributed by atoms with Gasteiger partial charge in [-0.05, 0) is 37.0 Å². The summed E-state index contributed by atoms with van der Waals surface area (Å²) in [6.07, 6.45) is 2.93. The Morgan fingerprint density at radius 1 is 1.33 bits per heavy atom. The number of allylic oxidation sites excluding steroid dienone is 1. The summed E-state index contributed by atoms with van der Waals surface area (Å²) in [5.74, 6) is 0. The molecule has 1 rings (SSSR count). The Morgan fingerprint density at radius 3 is 2.58 bits per heavy atom. The van der Waals surface area contributed by atoms with Crippen LogP contribution in [-0.4, -0.2) is 29.6 Å². The standard InChI is InChI=1S/C11H14.Na/c1-4-6-11-8-5-7-9(2)10(11)3;/h4-5,7-8H,1,6H2,2-3H3;. The molecule has 0 bridgehead atoms. The molecule has 1 radical (unpaired) electrons. The van der Waals surface area contributed by atoms with E-state index in [1.165, 1.54) is 16.7 Å². The van der Waals surface area contributed by atoms with E-state index in [1.54, 1.807) is 0 Å². The van der Waals surface area contributed by atoms with Crippen LogP contribution in [0.25, 0.3) is 0 Å². The number of rotatable bonds is 2. The van der Waals surface area contributed by atoms with Crippen molar-refractivity contribution in [2.24, 2.45) is 0 Å². The van der Waals surface area contributed by atoms with E-state index in [9.17, 15) is 0 Å². The number of benzene rings is 1. The quantitative estimate of drug-likeness (QED) is 0.471. The molecule has 1 aromatic carbocycles. The zero-order valence-corrected chi connectivity index (χ0v) is 10.2. The molecule has 59 valence electrons. The summed E-state index contributed by atoms with van der Waals surface area (Å²) in [6, 6.07) is 6.40. The summed E-state index contributed by atoms with van der Waals surface area (Å²) in [4.78, 5) is 0. The van der Waals surface area contributed by atoms with Gasteiger partial charge in [-0.3, -0.25) is 0 Å². The zero-order chi connectivity index (χ0) is 8.27. The van der Waals surface area contributed by atoms with Crippen molar-refractivity contribution in [3.8, 4) is 0 Å². The molecule has 0 nitrogen and oxygen atoms in total. The Hall–Kier alpha value is -0.0400. The van der Waals surface area contributed by atoms with Gasteiger partial charge in [0.15, 0.2) is 0 Å². The molecule has 0 fully saturated rings. The van der Waals surface area contributed by atoms with Crippen LogP contribution in [0.2, 0.25) is 0 Å². The molecule has 0 saturated carbocycles. The van der Waals surface area contributed by atoms with Gasteiger partial charge in [-0.2, -0.15) is 0 Å². The van der Waals surface area contributed by atoms with E-state index in [1.807, 2.05) is 6.08 Å². The van der Waals surface area contributed by atoms with E-state index < -0.39 is 0 Å². The van der Waals surface area contributed by atoms with Crippen LogP contribution in [0.4, 0.5) is 0 Å². The molecule has 0 aliphatic heterocycles. The summed E-state index contributed by atoms with van der Waals surface area (Å²) in [7, 11) is 0. The molecule has 0 saturated heterocycles. The van der Waals surface area contributed by atoms with Crippen LogP contribution >= 0.6 is 0 Å². The van der Waals surface area contributed by atoms with E-state index in [0.29, 0.717) is 0 Å². The van der Waals surface area contributed by atoms with Crippen LogP contribution in [-0.2, 0) is 6.42 Å². The second kappa shape index (κ2) is 5.58. The van der Waals surface area contributed by atoms with Crippen molar-refractivity contribution in [2.75, 3.05) is 0 Å². The molecule has 0 aliphatic carbocycles. The van der Waals surface area contributed by atoms with Gasteiger partial charge in [0.1, 0.15) is 0 Å². The summed E-state index contributed by atoms with van der Waals surface area (Å²) in [5.41, 5.74) is 4.15. The summed E-state index contributed by atoms with van der Waals surface area (Å²) >= 11 is 0. The minimum Gasteiger partial charge on any atom is -0.103 e. The molecule has 0 aromatic heterocycles. The van der Waals surface area contributed by atoms with E-state index in [0.717, 1.165) is 6.42 Å². The van der Waals surface area contributed by atoms with Crippen molar-refractivity contribution in [3.05, 3.63) is 47.5 Å². The first kappa shape index (κ1) is 12.0. The first-order valence-electron chi connectivity index (χ1n) is 3.91. The predicted molar refractivity (Wildman–Crippen MR) is 55.6 cm³/mol. The van der Waals surface area contributed by atoms with E-state index >= 15 is 0 Å². The van der Waals surface area contributed by atoms with Crippen LogP contribution in [0.15, 0.2) is 30.9 Å². The molecule has 1 aromatic rings. The van der Waals surface area contributed by atoms with Crippen molar-refractivity contribution in [1.29, 1.82) is 0 Å². The molecule has 0 unspecified atom stereocenters. The van der Waals surface area contributed by atoms with Gasteiger partial charge < -0.3 is 0 Å². The fraction of sp³-hybridized carbons (Fsp3) is 0.273. The summed E-state index contributed by atoms with van der Waals surface area (Å²) < 4.78 is 0. The first-order chi connectivity index (χ1) is 5.25. The van der Waals surface area contributed by atoms with Crippen LogP contribution in [0.5, 0.6) is 0 Å². The Labute approximate surface area is 97.0 Å². The van der Waals surface area contributed by atoms with Gasteiger partial charge in [-0.15, -0.1) is 6.58 Å². The van der Waals surface area contributed by atoms with Crippen LogP contribution in [0.1, 0.15) is 16.7 Å². The predicted octanol–water partition coefficient (Wildman–Crippen LogP) is 2.65. The molecule has 12 heavy (non-hydrogen) atoms. The fourth-order valence-corrected chi connectivity index (χ4v) is 1.19. The number of hydrogen-bond donors (Lipinski definition) is 0. The third-order valence-electron chi connectivity index (χ3n) is 2.08. The Morgan fingerprint density at radius 2 is 2.00 bits per heavy atom. The molecule has 0 amide bonds. The first-order valence-corrected chi connectivity index (χ1v) is 3.91. The van der Waals surface area contributed by atoms with Crippen molar-refractivity contribution in [1.82, 2.24) is 0 Å². The van der Waals surface area contributed by atoms with Crippen LogP contribution < -0.4 is 0 Å². The maximum Gasteiger partial charge on any atom is 0 e. The second-order valence-corrected chi connectivity index (χ2v) is 2.85. The van der Waals surface area contributed by atoms with Gasteiger partial charge in [0.25, 0.3) is 0 Å². The van der Waals surface area contributed by atoms with Gasteiger partial charge in [0.2, 0.25) is 0 Å². The van der Waals surface area contributed by atoms with E-state index in [-0.39, 0.29) is 29.6 Å². The minimum absolute atomic E-state index is 0. The zero-order valence-electron chi connectivity index (χ0n) is 8.22. The second-order valence-electron chi connectivity index (χ2n) is 2.85. The normalized spacial score (nSPS) is 8.83. The van der Waals surface area contributed by atoms with E-state index in [2.05, 4.69) is 38.6 Å². The van der Waals surface area contributed by atoms with Crippen LogP contribution in [0, 0.1) is 13.8 Å². The molecule has 0 N–H and O–H groups in total. The molecule has 0 aliphatic rings. The molecule has 0 spiro atoms. The SMILES string of the molecule is C=CCc1cccc(C)c1C.[Na]. The Kier molecular flexibility index (Phi) is 5.56. The fourth-order valence-electron chi connectivity index (χ4n) is 1.19. The monoisotopic (exact) mass is 169 g/mol. The number of aryl methyl sites for hydroxylation is 1. The van der Waals surface area contributed by atoms with Crippen LogP contribution in [0.3, 0.4) is 0 Å². The Balaban J connectivity index is 0.00000121. The summed E-state index contributed by atoms with van der Waals surface area (Å²) in [5, 5.41) is 0. The molecular weight excluding hydrogens is 155 g/mol. The average molecular weight is 169 g/mol. The Bertz CT molecular complexity index is 264. The largest absolute Gasteiger partial charge is 0.103 e. The maximum absolute atomic E-state index is 3.73. The molecule has 0 heterocycles. The van der Waals surface area contributed by atoms with Gasteiger partial charge >= 0.3 is 0 Å². The van der Waals surface area contributed by atoms with E-state index in [4.69, 9.17) is 0 Å². The van der Waals surface area contributed by atoms with Gasteiger partial charge in [-0.1, -0.05) is 24.3 Å². The smallest absolute Gasteiger partial charge is 0 e. The third kappa shape index (κ3) is 2.78. The van der Waals surface area contributed by atoms with Gasteiger partial charge in [-0.25, -0.2) is 0 Å².